The standard InChI is InChI=1S/C16H34N2/c1-14-8-7-9-15(12-14)18(4)11-6-5-10-16(2,3)13-17/h14-15H,5-13,17H2,1-4H3. The lowest BCUT2D eigenvalue weighted by Gasteiger charge is -2.34. The Balaban J connectivity index is 2.15. The molecule has 2 heteroatoms. The quantitative estimate of drug-likeness (QED) is 0.703. The first-order valence-corrected chi connectivity index (χ1v) is 7.85. The summed E-state index contributed by atoms with van der Waals surface area (Å²) in [7, 11) is 2.32. The lowest BCUT2D eigenvalue weighted by Crippen LogP contribution is -2.36. The average molecular weight is 254 g/mol. The molecular formula is C16H34N2. The van der Waals surface area contributed by atoms with Crippen molar-refractivity contribution in [3.8, 4) is 0 Å². The van der Waals surface area contributed by atoms with Gasteiger partial charge in [-0.2, -0.15) is 0 Å². The van der Waals surface area contributed by atoms with Crippen molar-refractivity contribution in [2.75, 3.05) is 20.1 Å². The Morgan fingerprint density at radius 3 is 2.56 bits per heavy atom. The fourth-order valence-electron chi connectivity index (χ4n) is 3.05. The summed E-state index contributed by atoms with van der Waals surface area (Å²) in [6.07, 6.45) is 9.59. The molecule has 2 unspecified atom stereocenters. The first kappa shape index (κ1) is 16.0. The Bertz CT molecular complexity index is 225. The lowest BCUT2D eigenvalue weighted by molar-refractivity contribution is 0.159. The van der Waals surface area contributed by atoms with Gasteiger partial charge in [-0.05, 0) is 57.2 Å². The monoisotopic (exact) mass is 254 g/mol. The lowest BCUT2D eigenvalue weighted by atomic mass is 9.86. The summed E-state index contributed by atoms with van der Waals surface area (Å²) in [5.74, 6) is 0.933. The minimum atomic E-state index is 0.331. The van der Waals surface area contributed by atoms with Gasteiger partial charge >= 0.3 is 0 Å². The van der Waals surface area contributed by atoms with E-state index in [9.17, 15) is 0 Å². The Labute approximate surface area is 114 Å². The minimum absolute atomic E-state index is 0.331. The molecule has 0 spiro atoms. The molecule has 0 aromatic heterocycles. The fourth-order valence-corrected chi connectivity index (χ4v) is 3.05. The van der Waals surface area contributed by atoms with E-state index in [0.29, 0.717) is 5.41 Å². The van der Waals surface area contributed by atoms with Crippen LogP contribution < -0.4 is 5.73 Å². The van der Waals surface area contributed by atoms with Gasteiger partial charge in [-0.1, -0.05) is 40.0 Å². The normalized spacial score (nSPS) is 25.7. The predicted molar refractivity (Wildman–Crippen MR) is 80.7 cm³/mol. The molecule has 0 aromatic rings. The fraction of sp³-hybridized carbons (Fsp3) is 1.00. The van der Waals surface area contributed by atoms with Crippen molar-refractivity contribution >= 4 is 0 Å². The third kappa shape index (κ3) is 5.71. The van der Waals surface area contributed by atoms with Crippen LogP contribution >= 0.6 is 0 Å². The van der Waals surface area contributed by atoms with Crippen molar-refractivity contribution in [2.24, 2.45) is 17.1 Å². The summed E-state index contributed by atoms with van der Waals surface area (Å²) in [6.45, 7) is 9.03. The van der Waals surface area contributed by atoms with E-state index in [0.717, 1.165) is 18.5 Å². The maximum atomic E-state index is 5.77. The molecule has 1 rings (SSSR count). The predicted octanol–water partition coefficient (Wildman–Crippen LogP) is 3.65. The van der Waals surface area contributed by atoms with E-state index in [4.69, 9.17) is 5.73 Å². The molecule has 1 aliphatic rings. The van der Waals surface area contributed by atoms with E-state index in [1.165, 1.54) is 51.5 Å². The summed E-state index contributed by atoms with van der Waals surface area (Å²) in [4.78, 5) is 2.60. The van der Waals surface area contributed by atoms with Gasteiger partial charge in [0.1, 0.15) is 0 Å². The van der Waals surface area contributed by atoms with Crippen LogP contribution in [0.2, 0.25) is 0 Å². The molecular weight excluding hydrogens is 220 g/mol. The number of hydrogen-bond acceptors (Lipinski definition) is 2. The molecule has 0 heterocycles. The second kappa shape index (κ2) is 7.49. The number of hydrogen-bond donors (Lipinski definition) is 1. The SMILES string of the molecule is CC1CCCC(N(C)CCCCC(C)(C)CN)C1. The van der Waals surface area contributed by atoms with Crippen LogP contribution in [0.4, 0.5) is 0 Å². The largest absolute Gasteiger partial charge is 0.330 e. The number of unbranched alkanes of at least 4 members (excludes halogenated alkanes) is 1. The number of rotatable bonds is 7. The number of nitrogens with two attached hydrogens (primary N) is 1. The zero-order valence-corrected chi connectivity index (χ0v) is 13.0. The molecule has 2 atom stereocenters. The van der Waals surface area contributed by atoms with Crippen molar-refractivity contribution in [1.82, 2.24) is 4.90 Å². The molecule has 1 fully saturated rings. The molecule has 0 saturated heterocycles. The van der Waals surface area contributed by atoms with E-state index in [1.54, 1.807) is 0 Å². The molecule has 108 valence electrons. The van der Waals surface area contributed by atoms with Crippen LogP contribution in [0.1, 0.15) is 65.7 Å². The van der Waals surface area contributed by atoms with Gasteiger partial charge in [0, 0.05) is 6.04 Å². The van der Waals surface area contributed by atoms with Crippen LogP contribution in [0.15, 0.2) is 0 Å². The number of nitrogens with zero attached hydrogens (tertiary/aromatic N) is 1. The van der Waals surface area contributed by atoms with E-state index in [2.05, 4.69) is 32.7 Å². The van der Waals surface area contributed by atoms with Gasteiger partial charge in [0.2, 0.25) is 0 Å². The highest BCUT2D eigenvalue weighted by molar-refractivity contribution is 4.77. The maximum Gasteiger partial charge on any atom is 0.00947 e. The summed E-state index contributed by atoms with van der Waals surface area (Å²) < 4.78 is 0. The Hall–Kier alpha value is -0.0800. The van der Waals surface area contributed by atoms with Gasteiger partial charge in [0.15, 0.2) is 0 Å². The van der Waals surface area contributed by atoms with Crippen LogP contribution in [-0.2, 0) is 0 Å². The van der Waals surface area contributed by atoms with Gasteiger partial charge in [0.05, 0.1) is 0 Å². The van der Waals surface area contributed by atoms with Crippen molar-refractivity contribution in [3.63, 3.8) is 0 Å². The van der Waals surface area contributed by atoms with E-state index >= 15 is 0 Å². The highest BCUT2D eigenvalue weighted by Gasteiger charge is 2.22. The molecule has 18 heavy (non-hydrogen) atoms. The molecule has 1 aliphatic carbocycles. The van der Waals surface area contributed by atoms with Crippen molar-refractivity contribution in [3.05, 3.63) is 0 Å². The van der Waals surface area contributed by atoms with Gasteiger partial charge in [-0.25, -0.2) is 0 Å². The summed E-state index contributed by atoms with van der Waals surface area (Å²) in [5.41, 5.74) is 6.10. The summed E-state index contributed by atoms with van der Waals surface area (Å²) >= 11 is 0. The van der Waals surface area contributed by atoms with Gasteiger partial charge in [-0.3, -0.25) is 0 Å². The second-order valence-corrected chi connectivity index (χ2v) is 7.23. The molecule has 0 radical (unpaired) electrons. The first-order chi connectivity index (χ1) is 8.44. The summed E-state index contributed by atoms with van der Waals surface area (Å²) in [5, 5.41) is 0. The zero-order valence-electron chi connectivity index (χ0n) is 13.0. The van der Waals surface area contributed by atoms with Crippen molar-refractivity contribution in [2.45, 2.75) is 71.8 Å². The van der Waals surface area contributed by atoms with Gasteiger partial charge in [0.25, 0.3) is 0 Å². The third-order valence-corrected chi connectivity index (χ3v) is 4.70. The first-order valence-electron chi connectivity index (χ1n) is 7.85. The highest BCUT2D eigenvalue weighted by atomic mass is 15.1. The summed E-state index contributed by atoms with van der Waals surface area (Å²) in [6, 6.07) is 0.844. The van der Waals surface area contributed by atoms with Gasteiger partial charge in [-0.15, -0.1) is 0 Å². The van der Waals surface area contributed by atoms with Crippen LogP contribution in [0.3, 0.4) is 0 Å². The van der Waals surface area contributed by atoms with Gasteiger partial charge < -0.3 is 10.6 Å². The van der Waals surface area contributed by atoms with E-state index in [-0.39, 0.29) is 0 Å². The van der Waals surface area contributed by atoms with Crippen molar-refractivity contribution < 1.29 is 0 Å². The molecule has 2 nitrogen and oxygen atoms in total. The molecule has 0 aromatic carbocycles. The Morgan fingerprint density at radius 1 is 1.22 bits per heavy atom. The van der Waals surface area contributed by atoms with Crippen LogP contribution in [0, 0.1) is 11.3 Å². The Kier molecular flexibility index (Phi) is 6.65. The van der Waals surface area contributed by atoms with Crippen molar-refractivity contribution in [1.29, 1.82) is 0 Å². The molecule has 0 aliphatic heterocycles. The Morgan fingerprint density at radius 2 is 1.94 bits per heavy atom. The topological polar surface area (TPSA) is 29.3 Å². The third-order valence-electron chi connectivity index (χ3n) is 4.70. The minimum Gasteiger partial charge on any atom is -0.330 e. The van der Waals surface area contributed by atoms with Crippen LogP contribution in [0.5, 0.6) is 0 Å². The van der Waals surface area contributed by atoms with E-state index in [1.807, 2.05) is 0 Å². The maximum absolute atomic E-state index is 5.77. The smallest absolute Gasteiger partial charge is 0.00947 e. The molecule has 2 N–H and O–H groups in total. The second-order valence-electron chi connectivity index (χ2n) is 7.23. The van der Waals surface area contributed by atoms with E-state index < -0.39 is 0 Å². The average Bonchev–Trinajstić information content (AvgIpc) is 2.34. The highest BCUT2D eigenvalue weighted by Crippen LogP contribution is 2.27. The van der Waals surface area contributed by atoms with Crippen LogP contribution in [-0.4, -0.2) is 31.1 Å². The molecule has 1 saturated carbocycles. The molecule has 0 bridgehead atoms. The zero-order chi connectivity index (χ0) is 13.6. The van der Waals surface area contributed by atoms with Crippen LogP contribution in [0.25, 0.3) is 0 Å². The molecule has 0 amide bonds.